The van der Waals surface area contributed by atoms with E-state index in [4.69, 9.17) is 10.5 Å². The maximum Gasteiger partial charge on any atom is 0.164 e. The Morgan fingerprint density at radius 1 is 1.33 bits per heavy atom. The van der Waals surface area contributed by atoms with Crippen LogP contribution in [0, 0.1) is 0 Å². The number of hydrogen-bond acceptors (Lipinski definition) is 4. The Kier molecular flexibility index (Phi) is 3.94. The van der Waals surface area contributed by atoms with E-state index in [-0.39, 0.29) is 6.04 Å². The van der Waals surface area contributed by atoms with Crippen molar-refractivity contribution in [1.82, 2.24) is 14.8 Å². The summed E-state index contributed by atoms with van der Waals surface area (Å²) in [6, 6.07) is 7.96. The molecule has 5 heteroatoms. The highest BCUT2D eigenvalue weighted by Gasteiger charge is 2.04. The molecular formula is C13H18N4O. The van der Waals surface area contributed by atoms with Crippen molar-refractivity contribution in [1.29, 1.82) is 0 Å². The van der Waals surface area contributed by atoms with E-state index >= 15 is 0 Å². The molecule has 0 saturated heterocycles. The average molecular weight is 246 g/mol. The van der Waals surface area contributed by atoms with Gasteiger partial charge in [0.1, 0.15) is 18.7 Å². The van der Waals surface area contributed by atoms with Gasteiger partial charge in [-0.15, -0.1) is 0 Å². The lowest BCUT2D eigenvalue weighted by atomic mass is 10.1. The Balaban J connectivity index is 1.96. The highest BCUT2D eigenvalue weighted by molar-refractivity contribution is 5.29. The van der Waals surface area contributed by atoms with Crippen LogP contribution in [-0.4, -0.2) is 14.8 Å². The molecule has 0 saturated carbocycles. The first-order valence-corrected chi connectivity index (χ1v) is 6.02. The average Bonchev–Trinajstić information content (AvgIpc) is 2.81. The second kappa shape index (κ2) is 5.64. The summed E-state index contributed by atoms with van der Waals surface area (Å²) in [5.41, 5.74) is 7.08. The summed E-state index contributed by atoms with van der Waals surface area (Å²) in [6.45, 7) is 2.48. The van der Waals surface area contributed by atoms with Crippen molar-refractivity contribution in [3.05, 3.63) is 42.0 Å². The van der Waals surface area contributed by atoms with Gasteiger partial charge in [0.15, 0.2) is 5.82 Å². The second-order valence-electron chi connectivity index (χ2n) is 4.17. The summed E-state index contributed by atoms with van der Waals surface area (Å²) in [5.74, 6) is 1.61. The van der Waals surface area contributed by atoms with Gasteiger partial charge in [-0.2, -0.15) is 5.10 Å². The fourth-order valence-electron chi connectivity index (χ4n) is 1.65. The molecule has 0 amide bonds. The van der Waals surface area contributed by atoms with Crippen LogP contribution in [-0.2, 0) is 13.7 Å². The van der Waals surface area contributed by atoms with E-state index in [1.165, 1.54) is 6.33 Å². The van der Waals surface area contributed by atoms with Crippen molar-refractivity contribution in [2.45, 2.75) is 26.0 Å². The van der Waals surface area contributed by atoms with Gasteiger partial charge in [0.25, 0.3) is 0 Å². The minimum atomic E-state index is 0.0952. The zero-order valence-corrected chi connectivity index (χ0v) is 10.7. The Morgan fingerprint density at radius 3 is 2.61 bits per heavy atom. The zero-order valence-electron chi connectivity index (χ0n) is 10.7. The molecule has 1 aromatic heterocycles. The molecule has 2 rings (SSSR count). The van der Waals surface area contributed by atoms with Crippen molar-refractivity contribution in [3.63, 3.8) is 0 Å². The molecule has 18 heavy (non-hydrogen) atoms. The number of hydrogen-bond donors (Lipinski definition) is 1. The van der Waals surface area contributed by atoms with E-state index in [0.717, 1.165) is 23.6 Å². The third kappa shape index (κ3) is 2.87. The van der Waals surface area contributed by atoms with E-state index in [2.05, 4.69) is 17.0 Å². The molecule has 2 N–H and O–H groups in total. The van der Waals surface area contributed by atoms with Crippen LogP contribution in [0.1, 0.15) is 30.8 Å². The van der Waals surface area contributed by atoms with Crippen molar-refractivity contribution >= 4 is 0 Å². The Hall–Kier alpha value is -1.88. The lowest BCUT2D eigenvalue weighted by Crippen LogP contribution is -2.08. The molecule has 1 atom stereocenters. The van der Waals surface area contributed by atoms with Gasteiger partial charge in [0, 0.05) is 13.1 Å². The molecule has 0 bridgehead atoms. The summed E-state index contributed by atoms with van der Waals surface area (Å²) in [6.07, 6.45) is 2.45. The molecule has 1 aromatic carbocycles. The molecule has 1 unspecified atom stereocenters. The number of rotatable bonds is 5. The highest BCUT2D eigenvalue weighted by atomic mass is 16.5. The molecule has 0 fully saturated rings. The molecular weight excluding hydrogens is 228 g/mol. The second-order valence-corrected chi connectivity index (χ2v) is 4.17. The van der Waals surface area contributed by atoms with Crippen molar-refractivity contribution in [2.24, 2.45) is 12.8 Å². The molecule has 0 aliphatic heterocycles. The van der Waals surface area contributed by atoms with Gasteiger partial charge < -0.3 is 10.5 Å². The lowest BCUT2D eigenvalue weighted by Gasteiger charge is -2.10. The maximum atomic E-state index is 5.95. The van der Waals surface area contributed by atoms with E-state index < -0.39 is 0 Å². The Labute approximate surface area is 107 Å². The first-order valence-electron chi connectivity index (χ1n) is 6.02. The van der Waals surface area contributed by atoms with Crippen LogP contribution in [0.3, 0.4) is 0 Å². The summed E-state index contributed by atoms with van der Waals surface area (Å²) in [4.78, 5) is 4.10. The molecule has 1 heterocycles. The number of aromatic nitrogens is 3. The van der Waals surface area contributed by atoms with Gasteiger partial charge in [0.2, 0.25) is 0 Å². The minimum Gasteiger partial charge on any atom is -0.486 e. The van der Waals surface area contributed by atoms with Gasteiger partial charge in [-0.05, 0) is 24.1 Å². The predicted octanol–water partition coefficient (Wildman–Crippen LogP) is 1.80. The normalized spacial score (nSPS) is 12.4. The van der Waals surface area contributed by atoms with Crippen LogP contribution in [0.5, 0.6) is 5.75 Å². The Bertz CT molecular complexity index is 492. The zero-order chi connectivity index (χ0) is 13.0. The Morgan fingerprint density at radius 2 is 2.06 bits per heavy atom. The number of aryl methyl sites for hydroxylation is 1. The van der Waals surface area contributed by atoms with Crippen LogP contribution in [0.4, 0.5) is 0 Å². The molecule has 2 aromatic rings. The molecule has 0 aliphatic carbocycles. The standard InChI is InChI=1S/C13H18N4O/c1-3-12(14)10-4-6-11(7-5-10)18-8-13-15-9-16-17(13)2/h4-7,9,12H,3,8,14H2,1-2H3. The van der Waals surface area contributed by atoms with E-state index in [1.54, 1.807) is 4.68 Å². The fraction of sp³-hybridized carbons (Fsp3) is 0.385. The van der Waals surface area contributed by atoms with Crippen LogP contribution in [0.25, 0.3) is 0 Å². The third-order valence-electron chi connectivity index (χ3n) is 2.92. The van der Waals surface area contributed by atoms with E-state index in [1.807, 2.05) is 31.3 Å². The van der Waals surface area contributed by atoms with Gasteiger partial charge in [0.05, 0.1) is 0 Å². The molecule has 0 radical (unpaired) electrons. The minimum absolute atomic E-state index is 0.0952. The molecule has 0 aliphatic rings. The van der Waals surface area contributed by atoms with Crippen LogP contribution in [0.2, 0.25) is 0 Å². The van der Waals surface area contributed by atoms with E-state index in [9.17, 15) is 0 Å². The maximum absolute atomic E-state index is 5.95. The van der Waals surface area contributed by atoms with E-state index in [0.29, 0.717) is 6.61 Å². The van der Waals surface area contributed by atoms with Gasteiger partial charge in [-0.25, -0.2) is 4.98 Å². The van der Waals surface area contributed by atoms with Crippen LogP contribution >= 0.6 is 0 Å². The quantitative estimate of drug-likeness (QED) is 0.873. The van der Waals surface area contributed by atoms with Crippen LogP contribution < -0.4 is 10.5 Å². The van der Waals surface area contributed by atoms with Crippen molar-refractivity contribution < 1.29 is 4.74 Å². The number of nitrogens with two attached hydrogens (primary N) is 1. The van der Waals surface area contributed by atoms with Gasteiger partial charge in [-0.1, -0.05) is 19.1 Å². The predicted molar refractivity (Wildman–Crippen MR) is 69.0 cm³/mol. The summed E-state index contributed by atoms with van der Waals surface area (Å²) in [7, 11) is 1.84. The molecule has 0 spiro atoms. The van der Waals surface area contributed by atoms with Gasteiger partial charge in [-0.3, -0.25) is 4.68 Å². The van der Waals surface area contributed by atoms with Crippen molar-refractivity contribution in [3.8, 4) is 5.75 Å². The molecule has 5 nitrogen and oxygen atoms in total. The molecule has 96 valence electrons. The first kappa shape index (κ1) is 12.6. The number of nitrogens with zero attached hydrogens (tertiary/aromatic N) is 3. The SMILES string of the molecule is CCC(N)c1ccc(OCc2ncnn2C)cc1. The summed E-state index contributed by atoms with van der Waals surface area (Å²) in [5, 5.41) is 3.99. The number of ether oxygens (including phenoxy) is 1. The summed E-state index contributed by atoms with van der Waals surface area (Å²) < 4.78 is 7.33. The first-order chi connectivity index (χ1) is 8.70. The third-order valence-corrected chi connectivity index (χ3v) is 2.92. The topological polar surface area (TPSA) is 66.0 Å². The smallest absolute Gasteiger partial charge is 0.164 e. The van der Waals surface area contributed by atoms with Crippen molar-refractivity contribution in [2.75, 3.05) is 0 Å². The fourth-order valence-corrected chi connectivity index (χ4v) is 1.65. The largest absolute Gasteiger partial charge is 0.486 e. The summed E-state index contributed by atoms with van der Waals surface area (Å²) >= 11 is 0. The number of benzene rings is 1. The lowest BCUT2D eigenvalue weighted by molar-refractivity contribution is 0.289. The van der Waals surface area contributed by atoms with Gasteiger partial charge >= 0.3 is 0 Å². The monoisotopic (exact) mass is 246 g/mol. The van der Waals surface area contributed by atoms with Crippen LogP contribution in [0.15, 0.2) is 30.6 Å². The highest BCUT2D eigenvalue weighted by Crippen LogP contribution is 2.18.